The second-order valence-corrected chi connectivity index (χ2v) is 1.81. The van der Waals surface area contributed by atoms with Crippen LogP contribution in [0, 0.1) is 0 Å². The zero-order valence-corrected chi connectivity index (χ0v) is 4.70. The normalized spacial score (nSPS) is 25.0. The molecule has 0 aromatic rings. The first-order chi connectivity index (χ1) is 4.20. The fourth-order valence-electron chi connectivity index (χ4n) is 0.610. The van der Waals surface area contributed by atoms with Crippen molar-refractivity contribution in [2.75, 3.05) is 6.61 Å². The lowest BCUT2D eigenvalue weighted by atomic mass is 10.3. The van der Waals surface area contributed by atoms with Gasteiger partial charge >= 0.3 is 5.97 Å². The zero-order chi connectivity index (χ0) is 6.85. The Balaban J connectivity index is 2.62. The summed E-state index contributed by atoms with van der Waals surface area (Å²) < 4.78 is 4.66. The SMILES string of the molecule is N[C@@H]1C=C(C(=O)O)OC1. The Morgan fingerprint density at radius 2 is 2.67 bits per heavy atom. The predicted octanol–water partition coefficient (Wildman–Crippen LogP) is -0.688. The molecule has 3 N–H and O–H groups in total. The summed E-state index contributed by atoms with van der Waals surface area (Å²) in [5.74, 6) is -1.09. The van der Waals surface area contributed by atoms with Gasteiger partial charge in [-0.3, -0.25) is 0 Å². The summed E-state index contributed by atoms with van der Waals surface area (Å²) in [6.07, 6.45) is 1.39. The third-order valence-corrected chi connectivity index (χ3v) is 1.01. The summed E-state index contributed by atoms with van der Waals surface area (Å²) in [6.45, 7) is 0.279. The highest BCUT2D eigenvalue weighted by Gasteiger charge is 2.17. The maximum Gasteiger partial charge on any atom is 0.370 e. The van der Waals surface area contributed by atoms with Crippen molar-refractivity contribution in [1.82, 2.24) is 0 Å². The number of rotatable bonds is 1. The average molecular weight is 129 g/mol. The van der Waals surface area contributed by atoms with Crippen LogP contribution in [0.2, 0.25) is 0 Å². The van der Waals surface area contributed by atoms with Crippen LogP contribution in [0.4, 0.5) is 0 Å². The predicted molar refractivity (Wildman–Crippen MR) is 29.6 cm³/mol. The maximum absolute atomic E-state index is 10.1. The monoisotopic (exact) mass is 129 g/mol. The molecule has 4 heteroatoms. The molecule has 4 nitrogen and oxygen atoms in total. The number of carboxylic acid groups (broad SMARTS) is 1. The lowest BCUT2D eigenvalue weighted by Gasteiger charge is -1.95. The van der Waals surface area contributed by atoms with Crippen molar-refractivity contribution in [3.63, 3.8) is 0 Å². The summed E-state index contributed by atoms with van der Waals surface area (Å²) in [4.78, 5) is 10.1. The van der Waals surface area contributed by atoms with Gasteiger partial charge in [0.25, 0.3) is 0 Å². The van der Waals surface area contributed by atoms with E-state index in [2.05, 4.69) is 4.74 Å². The molecule has 50 valence electrons. The van der Waals surface area contributed by atoms with Gasteiger partial charge < -0.3 is 15.6 Å². The molecule has 9 heavy (non-hydrogen) atoms. The third kappa shape index (κ3) is 1.20. The maximum atomic E-state index is 10.1. The number of carbonyl (C=O) groups is 1. The molecule has 1 heterocycles. The van der Waals surface area contributed by atoms with Crippen LogP contribution in [0.1, 0.15) is 0 Å². The van der Waals surface area contributed by atoms with E-state index < -0.39 is 5.97 Å². The fraction of sp³-hybridized carbons (Fsp3) is 0.400. The van der Waals surface area contributed by atoms with Crippen LogP contribution in [-0.2, 0) is 9.53 Å². The second-order valence-electron chi connectivity index (χ2n) is 1.81. The van der Waals surface area contributed by atoms with Gasteiger partial charge in [-0.15, -0.1) is 0 Å². The topological polar surface area (TPSA) is 72.6 Å². The molecule has 0 saturated heterocycles. The molecular formula is C5H7NO3. The molecule has 0 radical (unpaired) electrons. The van der Waals surface area contributed by atoms with Crippen molar-refractivity contribution in [3.8, 4) is 0 Å². The van der Waals surface area contributed by atoms with Crippen molar-refractivity contribution < 1.29 is 14.6 Å². The molecule has 1 aliphatic heterocycles. The van der Waals surface area contributed by atoms with E-state index in [4.69, 9.17) is 10.8 Å². The highest BCUT2D eigenvalue weighted by atomic mass is 16.5. The smallest absolute Gasteiger partial charge is 0.370 e. The molecule has 0 amide bonds. The average Bonchev–Trinajstić information content (AvgIpc) is 2.14. The van der Waals surface area contributed by atoms with Gasteiger partial charge in [-0.25, -0.2) is 4.79 Å². The second kappa shape index (κ2) is 2.06. The fourth-order valence-corrected chi connectivity index (χ4v) is 0.610. The minimum absolute atomic E-state index is 0.0394. The number of ether oxygens (including phenoxy) is 1. The Hall–Kier alpha value is -1.03. The Bertz CT molecular complexity index is 164. The van der Waals surface area contributed by atoms with E-state index in [9.17, 15) is 4.79 Å². The standard InChI is InChI=1S/C5H7NO3/c6-3-1-4(5(7)8)9-2-3/h1,3H,2,6H2,(H,7,8)/t3-/m1/s1. The molecule has 0 unspecified atom stereocenters. The Morgan fingerprint density at radius 1 is 2.00 bits per heavy atom. The number of hydrogen-bond donors (Lipinski definition) is 2. The molecule has 0 aromatic carbocycles. The largest absolute Gasteiger partial charge is 0.485 e. The van der Waals surface area contributed by atoms with Gasteiger partial charge in [0.05, 0.1) is 6.04 Å². The van der Waals surface area contributed by atoms with Crippen LogP contribution < -0.4 is 5.73 Å². The Kier molecular flexibility index (Phi) is 1.40. The quantitative estimate of drug-likeness (QED) is 0.491. The van der Waals surface area contributed by atoms with E-state index in [1.54, 1.807) is 0 Å². The molecule has 0 saturated carbocycles. The van der Waals surface area contributed by atoms with Crippen LogP contribution in [-0.4, -0.2) is 23.7 Å². The molecule has 0 aliphatic carbocycles. The molecule has 0 spiro atoms. The van der Waals surface area contributed by atoms with Crippen LogP contribution in [0.25, 0.3) is 0 Å². The summed E-state index contributed by atoms with van der Waals surface area (Å²) in [5.41, 5.74) is 5.30. The molecule has 0 aromatic heterocycles. The lowest BCUT2D eigenvalue weighted by molar-refractivity contribution is -0.136. The van der Waals surface area contributed by atoms with Crippen LogP contribution in [0.15, 0.2) is 11.8 Å². The summed E-state index contributed by atoms with van der Waals surface area (Å²) >= 11 is 0. The van der Waals surface area contributed by atoms with Crippen molar-refractivity contribution in [2.45, 2.75) is 6.04 Å². The Labute approximate surface area is 51.9 Å². The Morgan fingerprint density at radius 3 is 2.89 bits per heavy atom. The van der Waals surface area contributed by atoms with E-state index in [1.165, 1.54) is 6.08 Å². The van der Waals surface area contributed by atoms with Crippen LogP contribution in [0.3, 0.4) is 0 Å². The number of carboxylic acids is 1. The van der Waals surface area contributed by atoms with Gasteiger partial charge in [0.1, 0.15) is 6.61 Å². The van der Waals surface area contributed by atoms with Crippen LogP contribution in [0.5, 0.6) is 0 Å². The minimum atomic E-state index is -1.05. The molecule has 1 rings (SSSR count). The lowest BCUT2D eigenvalue weighted by Crippen LogP contribution is -2.17. The summed E-state index contributed by atoms with van der Waals surface area (Å²) in [6, 6.07) is -0.254. The zero-order valence-electron chi connectivity index (χ0n) is 4.70. The number of hydrogen-bond acceptors (Lipinski definition) is 3. The van der Waals surface area contributed by atoms with E-state index in [0.717, 1.165) is 0 Å². The molecule has 1 atom stereocenters. The van der Waals surface area contributed by atoms with Gasteiger partial charge in [0.15, 0.2) is 0 Å². The first-order valence-electron chi connectivity index (χ1n) is 2.53. The van der Waals surface area contributed by atoms with Gasteiger partial charge in [-0.2, -0.15) is 0 Å². The van der Waals surface area contributed by atoms with Gasteiger partial charge in [-0.1, -0.05) is 0 Å². The van der Waals surface area contributed by atoms with Crippen LogP contribution >= 0.6 is 0 Å². The molecule has 1 aliphatic rings. The highest BCUT2D eigenvalue weighted by molar-refractivity contribution is 5.84. The highest BCUT2D eigenvalue weighted by Crippen LogP contribution is 2.07. The first-order valence-corrected chi connectivity index (χ1v) is 2.53. The van der Waals surface area contributed by atoms with E-state index >= 15 is 0 Å². The van der Waals surface area contributed by atoms with Crippen molar-refractivity contribution >= 4 is 5.97 Å². The van der Waals surface area contributed by atoms with Gasteiger partial charge in [0, 0.05) is 0 Å². The first kappa shape index (κ1) is 6.10. The third-order valence-electron chi connectivity index (χ3n) is 1.01. The molecule has 0 bridgehead atoms. The summed E-state index contributed by atoms with van der Waals surface area (Å²) in [5, 5.41) is 8.28. The molecular weight excluding hydrogens is 122 g/mol. The van der Waals surface area contributed by atoms with Crippen molar-refractivity contribution in [1.29, 1.82) is 0 Å². The van der Waals surface area contributed by atoms with Crippen molar-refractivity contribution in [2.24, 2.45) is 5.73 Å². The minimum Gasteiger partial charge on any atom is -0.485 e. The van der Waals surface area contributed by atoms with Crippen molar-refractivity contribution in [3.05, 3.63) is 11.8 Å². The van der Waals surface area contributed by atoms with E-state index in [-0.39, 0.29) is 18.4 Å². The number of nitrogens with two attached hydrogens (primary N) is 1. The van der Waals surface area contributed by atoms with Gasteiger partial charge in [0.2, 0.25) is 5.76 Å². The number of aliphatic carboxylic acids is 1. The van der Waals surface area contributed by atoms with E-state index in [0.29, 0.717) is 0 Å². The van der Waals surface area contributed by atoms with E-state index in [1.807, 2.05) is 0 Å². The molecule has 0 fully saturated rings. The van der Waals surface area contributed by atoms with Gasteiger partial charge in [-0.05, 0) is 6.08 Å². The summed E-state index contributed by atoms with van der Waals surface area (Å²) in [7, 11) is 0.